The molecule has 2 N–H and O–H groups in total. The van der Waals surface area contributed by atoms with Gasteiger partial charge in [0.15, 0.2) is 0 Å². The molecule has 0 saturated carbocycles. The van der Waals surface area contributed by atoms with Crippen molar-refractivity contribution in [2.75, 3.05) is 6.54 Å². The molecule has 0 aromatic rings. The quantitative estimate of drug-likeness (QED) is 0.592. The van der Waals surface area contributed by atoms with Crippen molar-refractivity contribution in [2.45, 2.75) is 26.3 Å². The number of nitrogens with zero attached hydrogens (tertiary/aromatic N) is 1. The van der Waals surface area contributed by atoms with Gasteiger partial charge in [0.05, 0.1) is 6.07 Å². The fourth-order valence-corrected chi connectivity index (χ4v) is 0.892. The van der Waals surface area contributed by atoms with Crippen LogP contribution >= 0.6 is 0 Å². The first-order valence-electron chi connectivity index (χ1n) is 3.92. The number of rotatable bonds is 5. The lowest BCUT2D eigenvalue weighted by Crippen LogP contribution is -2.41. The molecule has 0 saturated heterocycles. The van der Waals surface area contributed by atoms with Gasteiger partial charge in [-0.05, 0) is 5.92 Å². The molecule has 0 aliphatic carbocycles. The van der Waals surface area contributed by atoms with Crippen molar-refractivity contribution in [3.05, 3.63) is 0 Å². The van der Waals surface area contributed by atoms with Crippen LogP contribution in [0.1, 0.15) is 20.3 Å². The molecule has 0 amide bonds. The molecule has 0 spiro atoms. The average Bonchev–Trinajstić information content (AvgIpc) is 1.96. The molecule has 0 aliphatic rings. The van der Waals surface area contributed by atoms with Gasteiger partial charge in [0.1, 0.15) is 6.04 Å². The summed E-state index contributed by atoms with van der Waals surface area (Å²) in [5.41, 5.74) is 0. The first-order valence-corrected chi connectivity index (χ1v) is 3.92. The van der Waals surface area contributed by atoms with Gasteiger partial charge in [-0.15, -0.1) is 0 Å². The maximum atomic E-state index is 10.6. The molecule has 0 unspecified atom stereocenters. The Balaban J connectivity index is 3.82. The van der Waals surface area contributed by atoms with E-state index in [2.05, 4.69) is 5.32 Å². The predicted molar refractivity (Wildman–Crippen MR) is 44.5 cm³/mol. The molecule has 0 aromatic carbocycles. The van der Waals surface area contributed by atoms with E-state index in [9.17, 15) is 4.79 Å². The van der Waals surface area contributed by atoms with E-state index < -0.39 is 12.0 Å². The summed E-state index contributed by atoms with van der Waals surface area (Å²) in [5.74, 6) is -0.816. The molecular formula is C8H14N2O2. The molecular weight excluding hydrogens is 156 g/mol. The van der Waals surface area contributed by atoms with Gasteiger partial charge in [0.25, 0.3) is 0 Å². The lowest BCUT2D eigenvalue weighted by atomic mass is 10.1. The number of hydrogen-bond donors (Lipinski definition) is 2. The molecule has 0 rings (SSSR count). The van der Waals surface area contributed by atoms with Crippen LogP contribution in [-0.2, 0) is 4.79 Å². The zero-order valence-electron chi connectivity index (χ0n) is 7.37. The number of carboxylic acids is 1. The van der Waals surface area contributed by atoms with E-state index in [-0.39, 0.29) is 5.92 Å². The van der Waals surface area contributed by atoms with Crippen molar-refractivity contribution in [3.8, 4) is 6.07 Å². The number of nitrogens with one attached hydrogen (secondary N) is 1. The minimum Gasteiger partial charge on any atom is -0.480 e. The monoisotopic (exact) mass is 170 g/mol. The highest BCUT2D eigenvalue weighted by Gasteiger charge is 2.19. The summed E-state index contributed by atoms with van der Waals surface area (Å²) >= 11 is 0. The van der Waals surface area contributed by atoms with Crippen molar-refractivity contribution in [2.24, 2.45) is 5.92 Å². The van der Waals surface area contributed by atoms with Crippen molar-refractivity contribution in [1.82, 2.24) is 5.32 Å². The number of carboxylic acid groups (broad SMARTS) is 1. The van der Waals surface area contributed by atoms with Crippen LogP contribution in [0, 0.1) is 17.2 Å². The van der Waals surface area contributed by atoms with Crippen LogP contribution in [-0.4, -0.2) is 23.7 Å². The number of hydrogen-bond acceptors (Lipinski definition) is 3. The van der Waals surface area contributed by atoms with Crippen LogP contribution in [0.5, 0.6) is 0 Å². The van der Waals surface area contributed by atoms with E-state index in [1.165, 1.54) is 0 Å². The molecule has 4 nitrogen and oxygen atoms in total. The summed E-state index contributed by atoms with van der Waals surface area (Å²) < 4.78 is 0. The van der Waals surface area contributed by atoms with Gasteiger partial charge < -0.3 is 10.4 Å². The second-order valence-corrected chi connectivity index (χ2v) is 2.92. The third kappa shape index (κ3) is 3.94. The summed E-state index contributed by atoms with van der Waals surface area (Å²) in [4.78, 5) is 10.6. The van der Waals surface area contributed by atoms with Crippen molar-refractivity contribution in [3.63, 3.8) is 0 Å². The van der Waals surface area contributed by atoms with E-state index in [1.807, 2.05) is 19.9 Å². The maximum Gasteiger partial charge on any atom is 0.320 e. The van der Waals surface area contributed by atoms with Gasteiger partial charge >= 0.3 is 5.97 Å². The van der Waals surface area contributed by atoms with Crippen LogP contribution in [0.25, 0.3) is 0 Å². The lowest BCUT2D eigenvalue weighted by molar-refractivity contribution is -0.140. The summed E-state index contributed by atoms with van der Waals surface area (Å²) in [6, 6.07) is 1.40. The van der Waals surface area contributed by atoms with Crippen LogP contribution < -0.4 is 5.32 Å². The highest BCUT2D eigenvalue weighted by molar-refractivity contribution is 5.73. The number of nitriles is 1. The molecule has 1 atom stereocenters. The van der Waals surface area contributed by atoms with E-state index in [4.69, 9.17) is 10.4 Å². The van der Waals surface area contributed by atoms with Gasteiger partial charge in [-0.3, -0.25) is 4.79 Å². The normalized spacial score (nSPS) is 12.5. The summed E-state index contributed by atoms with van der Waals surface area (Å²) in [5, 5.41) is 19.7. The molecule has 4 heteroatoms. The maximum absolute atomic E-state index is 10.6. The van der Waals surface area contributed by atoms with Crippen LogP contribution in [0.4, 0.5) is 0 Å². The Bertz CT molecular complexity index is 184. The zero-order valence-corrected chi connectivity index (χ0v) is 7.37. The fourth-order valence-electron chi connectivity index (χ4n) is 0.892. The van der Waals surface area contributed by atoms with Gasteiger partial charge in [-0.2, -0.15) is 5.26 Å². The first-order chi connectivity index (χ1) is 5.59. The second-order valence-electron chi connectivity index (χ2n) is 2.92. The Morgan fingerprint density at radius 1 is 1.67 bits per heavy atom. The van der Waals surface area contributed by atoms with Crippen LogP contribution in [0.3, 0.4) is 0 Å². The molecule has 68 valence electrons. The topological polar surface area (TPSA) is 73.1 Å². The smallest absolute Gasteiger partial charge is 0.320 e. The first kappa shape index (κ1) is 10.9. The molecule has 0 radical (unpaired) electrons. The Labute approximate surface area is 72.2 Å². The Morgan fingerprint density at radius 2 is 2.25 bits per heavy atom. The zero-order chi connectivity index (χ0) is 9.56. The minimum absolute atomic E-state index is 0.0428. The molecule has 0 bridgehead atoms. The highest BCUT2D eigenvalue weighted by Crippen LogP contribution is 2.00. The summed E-state index contributed by atoms with van der Waals surface area (Å²) in [7, 11) is 0. The third-order valence-electron chi connectivity index (χ3n) is 1.53. The average molecular weight is 170 g/mol. The fraction of sp³-hybridized carbons (Fsp3) is 0.750. The Kier molecular flexibility index (Phi) is 5.06. The number of aliphatic carboxylic acids is 1. The van der Waals surface area contributed by atoms with Crippen molar-refractivity contribution < 1.29 is 9.90 Å². The van der Waals surface area contributed by atoms with Gasteiger partial charge in [-0.25, -0.2) is 0 Å². The largest absolute Gasteiger partial charge is 0.480 e. The van der Waals surface area contributed by atoms with Gasteiger partial charge in [0, 0.05) is 13.0 Å². The molecule has 12 heavy (non-hydrogen) atoms. The van der Waals surface area contributed by atoms with E-state index in [0.717, 1.165) is 0 Å². The van der Waals surface area contributed by atoms with E-state index in [1.54, 1.807) is 0 Å². The van der Waals surface area contributed by atoms with E-state index in [0.29, 0.717) is 13.0 Å². The molecule has 0 aromatic heterocycles. The Morgan fingerprint density at radius 3 is 2.58 bits per heavy atom. The highest BCUT2D eigenvalue weighted by atomic mass is 16.4. The predicted octanol–water partition coefficient (Wildman–Crippen LogP) is 0.599. The minimum atomic E-state index is -0.858. The molecule has 0 fully saturated rings. The van der Waals surface area contributed by atoms with Crippen molar-refractivity contribution in [1.29, 1.82) is 5.26 Å². The summed E-state index contributed by atoms with van der Waals surface area (Å²) in [6.07, 6.45) is 0.344. The standard InChI is InChI=1S/C8H14N2O2/c1-6(2)7(8(11)12)10-5-3-4-9/h6-7,10H,3,5H2,1-2H3,(H,11,12)/t7-/m1/s1. The SMILES string of the molecule is CC(C)[C@@H](NCCC#N)C(=O)O. The second kappa shape index (κ2) is 5.56. The van der Waals surface area contributed by atoms with Gasteiger partial charge in [0.2, 0.25) is 0 Å². The van der Waals surface area contributed by atoms with Crippen LogP contribution in [0.2, 0.25) is 0 Å². The lowest BCUT2D eigenvalue weighted by Gasteiger charge is -2.16. The van der Waals surface area contributed by atoms with Gasteiger partial charge in [-0.1, -0.05) is 13.8 Å². The van der Waals surface area contributed by atoms with E-state index >= 15 is 0 Å². The number of carbonyl (C=O) groups is 1. The van der Waals surface area contributed by atoms with Crippen molar-refractivity contribution >= 4 is 5.97 Å². The Hall–Kier alpha value is -1.08. The summed E-state index contributed by atoms with van der Waals surface area (Å²) in [6.45, 7) is 4.10. The third-order valence-corrected chi connectivity index (χ3v) is 1.53. The molecule has 0 aliphatic heterocycles. The van der Waals surface area contributed by atoms with Crippen LogP contribution in [0.15, 0.2) is 0 Å². The molecule has 0 heterocycles.